The van der Waals surface area contributed by atoms with Crippen molar-refractivity contribution in [2.75, 3.05) is 106 Å². The Kier molecular flexibility index (Phi) is 12.7. The van der Waals surface area contributed by atoms with Gasteiger partial charge in [-0.1, -0.05) is 24.3 Å². The summed E-state index contributed by atoms with van der Waals surface area (Å²) in [6.45, 7) is 7.40. The lowest BCUT2D eigenvalue weighted by Crippen LogP contribution is -2.13. The van der Waals surface area contributed by atoms with E-state index in [9.17, 15) is 0 Å². The van der Waals surface area contributed by atoms with Gasteiger partial charge in [-0.2, -0.15) is 0 Å². The summed E-state index contributed by atoms with van der Waals surface area (Å²) in [4.78, 5) is 18.9. The van der Waals surface area contributed by atoms with E-state index in [1.54, 1.807) is 11.3 Å². The zero-order valence-electron chi connectivity index (χ0n) is 30.5. The average molecular weight is 773 g/mol. The van der Waals surface area contributed by atoms with Crippen molar-refractivity contribution in [1.29, 1.82) is 0 Å². The van der Waals surface area contributed by atoms with Crippen molar-refractivity contribution in [3.05, 3.63) is 60.7 Å². The van der Waals surface area contributed by atoms with Gasteiger partial charge < -0.3 is 57.3 Å². The van der Waals surface area contributed by atoms with E-state index in [2.05, 4.69) is 46.4 Å². The highest BCUT2D eigenvalue weighted by Gasteiger charge is 2.16. The van der Waals surface area contributed by atoms with Crippen LogP contribution in [0.4, 0.5) is 0 Å². The molecule has 2 N–H and O–H groups in total. The topological polar surface area (TPSA) is 150 Å². The molecule has 0 bridgehead atoms. The Morgan fingerprint density at radius 2 is 0.745 bits per heavy atom. The van der Waals surface area contributed by atoms with E-state index in [1.165, 1.54) is 0 Å². The van der Waals surface area contributed by atoms with Crippen LogP contribution in [0, 0.1) is 0 Å². The molecule has 0 spiro atoms. The smallest absolute Gasteiger partial charge is 0.163 e. The van der Waals surface area contributed by atoms with E-state index >= 15 is 0 Å². The molecule has 5 heterocycles. The molecular formula is C40H44N4O10S. The highest BCUT2D eigenvalue weighted by molar-refractivity contribution is 7.18. The van der Waals surface area contributed by atoms with Crippen LogP contribution in [0.5, 0.6) is 23.0 Å². The van der Waals surface area contributed by atoms with Crippen LogP contribution in [0.1, 0.15) is 0 Å². The number of hydrogen-bond donors (Lipinski definition) is 2. The van der Waals surface area contributed by atoms with Crippen molar-refractivity contribution in [2.45, 2.75) is 0 Å². The van der Waals surface area contributed by atoms with E-state index < -0.39 is 0 Å². The number of aromatic amines is 2. The van der Waals surface area contributed by atoms with Gasteiger partial charge in [0, 0.05) is 34.7 Å². The summed E-state index contributed by atoms with van der Waals surface area (Å²) in [6.07, 6.45) is 0. The SMILES string of the molecule is c1cc(-c2ccc(-c3nc4cc5c(cc4[nH]3)OCCOCCOCCOCCO5)s2)ccc1-c1nc2cc3c(cc2[nH]1)OCCOCCOCCOCCO3. The van der Waals surface area contributed by atoms with E-state index in [1.807, 2.05) is 24.3 Å². The van der Waals surface area contributed by atoms with Crippen LogP contribution in [0.2, 0.25) is 0 Å². The van der Waals surface area contributed by atoms with Gasteiger partial charge >= 0.3 is 0 Å². The largest absolute Gasteiger partial charge is 0.487 e. The molecular weight excluding hydrogens is 729 g/mol. The van der Waals surface area contributed by atoms with Gasteiger partial charge in [-0.05, 0) is 17.7 Å². The summed E-state index contributed by atoms with van der Waals surface area (Å²) in [5.41, 5.74) is 5.32. The number of nitrogens with one attached hydrogen (secondary N) is 2. The maximum atomic E-state index is 6.06. The van der Waals surface area contributed by atoms with Gasteiger partial charge in [0.25, 0.3) is 0 Å². The van der Waals surface area contributed by atoms with Gasteiger partial charge in [-0.3, -0.25) is 0 Å². The van der Waals surface area contributed by atoms with Gasteiger partial charge in [0.15, 0.2) is 23.0 Å². The number of ether oxygens (including phenoxy) is 10. The number of H-pyrrole nitrogens is 2. The molecule has 3 aromatic heterocycles. The summed E-state index contributed by atoms with van der Waals surface area (Å²) in [6, 6.07) is 20.2. The second kappa shape index (κ2) is 18.7. The monoisotopic (exact) mass is 772 g/mol. The molecule has 6 aromatic rings. The van der Waals surface area contributed by atoms with Crippen molar-refractivity contribution in [3.8, 4) is 55.5 Å². The molecule has 0 unspecified atom stereocenters. The highest BCUT2D eigenvalue weighted by Crippen LogP contribution is 2.38. The summed E-state index contributed by atoms with van der Waals surface area (Å²) >= 11 is 1.67. The van der Waals surface area contributed by atoms with E-state index in [0.29, 0.717) is 129 Å². The molecule has 0 amide bonds. The van der Waals surface area contributed by atoms with E-state index in [-0.39, 0.29) is 0 Å². The van der Waals surface area contributed by atoms with E-state index in [0.717, 1.165) is 54.6 Å². The van der Waals surface area contributed by atoms with Gasteiger partial charge in [0.05, 0.1) is 106 Å². The number of imidazole rings is 2. The lowest BCUT2D eigenvalue weighted by Gasteiger charge is -2.13. The molecule has 0 saturated heterocycles. The normalized spacial score (nSPS) is 17.5. The number of hydrogen-bond acceptors (Lipinski definition) is 13. The van der Waals surface area contributed by atoms with Crippen molar-refractivity contribution in [1.82, 2.24) is 19.9 Å². The fourth-order valence-corrected chi connectivity index (χ4v) is 7.04. The third kappa shape index (κ3) is 9.74. The van der Waals surface area contributed by atoms with Crippen LogP contribution in [-0.4, -0.2) is 126 Å². The Morgan fingerprint density at radius 3 is 1.22 bits per heavy atom. The minimum Gasteiger partial charge on any atom is -0.487 e. The molecule has 8 rings (SSSR count). The lowest BCUT2D eigenvalue weighted by molar-refractivity contribution is 0.00708. The first kappa shape index (κ1) is 37.2. The van der Waals surface area contributed by atoms with Crippen molar-refractivity contribution in [2.24, 2.45) is 0 Å². The molecule has 0 saturated carbocycles. The average Bonchev–Trinajstić information content (AvgIpc) is 3.96. The van der Waals surface area contributed by atoms with Gasteiger partial charge in [0.2, 0.25) is 0 Å². The van der Waals surface area contributed by atoms with Crippen LogP contribution in [-0.2, 0) is 28.4 Å². The Hall–Kier alpha value is -4.74. The molecule has 0 aliphatic carbocycles. The Balaban J connectivity index is 0.963. The molecule has 3 aromatic carbocycles. The molecule has 2 aliphatic rings. The zero-order valence-corrected chi connectivity index (χ0v) is 31.3. The summed E-state index contributed by atoms with van der Waals surface area (Å²) in [7, 11) is 0. The maximum Gasteiger partial charge on any atom is 0.163 e. The van der Waals surface area contributed by atoms with Gasteiger partial charge in [-0.15, -0.1) is 11.3 Å². The van der Waals surface area contributed by atoms with E-state index in [4.69, 9.17) is 57.3 Å². The van der Waals surface area contributed by atoms with Crippen molar-refractivity contribution < 1.29 is 47.4 Å². The quantitative estimate of drug-likeness (QED) is 0.213. The highest BCUT2D eigenvalue weighted by atomic mass is 32.1. The fourth-order valence-electron chi connectivity index (χ4n) is 6.08. The number of benzene rings is 3. The lowest BCUT2D eigenvalue weighted by atomic mass is 10.1. The second-order valence-corrected chi connectivity index (χ2v) is 13.7. The van der Waals surface area contributed by atoms with Gasteiger partial charge in [-0.25, -0.2) is 9.97 Å². The number of thiophene rings is 1. The van der Waals surface area contributed by atoms with Gasteiger partial charge in [0.1, 0.15) is 38.1 Å². The summed E-state index contributed by atoms with van der Waals surface area (Å²) < 4.78 is 57.7. The third-order valence-corrected chi connectivity index (χ3v) is 9.95. The number of aromatic nitrogens is 4. The first-order chi connectivity index (χ1) is 27.3. The zero-order chi connectivity index (χ0) is 37.1. The predicted molar refractivity (Wildman–Crippen MR) is 207 cm³/mol. The molecule has 0 fully saturated rings. The van der Waals surface area contributed by atoms with Crippen molar-refractivity contribution in [3.63, 3.8) is 0 Å². The first-order valence-corrected chi connectivity index (χ1v) is 19.3. The first-order valence-electron chi connectivity index (χ1n) is 18.5. The van der Waals surface area contributed by atoms with Crippen LogP contribution in [0.25, 0.3) is 54.6 Å². The summed E-state index contributed by atoms with van der Waals surface area (Å²) in [5, 5.41) is 0. The predicted octanol–water partition coefficient (Wildman–Crippen LogP) is 6.14. The molecule has 0 radical (unpaired) electrons. The fraction of sp³-hybridized carbons (Fsp3) is 0.400. The Morgan fingerprint density at radius 1 is 0.382 bits per heavy atom. The Bertz CT molecular complexity index is 2030. The maximum absolute atomic E-state index is 6.06. The van der Waals surface area contributed by atoms with Crippen LogP contribution >= 0.6 is 11.3 Å². The molecule has 14 nitrogen and oxygen atoms in total. The third-order valence-electron chi connectivity index (χ3n) is 8.81. The molecule has 290 valence electrons. The number of nitrogens with zero attached hydrogens (tertiary/aromatic N) is 2. The number of rotatable bonds is 3. The van der Waals surface area contributed by atoms with Crippen LogP contribution in [0.3, 0.4) is 0 Å². The van der Waals surface area contributed by atoms with Crippen molar-refractivity contribution >= 4 is 33.4 Å². The van der Waals surface area contributed by atoms with Crippen LogP contribution in [0.15, 0.2) is 60.7 Å². The Labute approximate surface area is 321 Å². The molecule has 15 heteroatoms. The minimum absolute atomic E-state index is 0.382. The number of fused-ring (bicyclic) bond motifs is 4. The minimum atomic E-state index is 0.382. The molecule has 55 heavy (non-hydrogen) atoms. The molecule has 0 atom stereocenters. The summed E-state index contributed by atoms with van der Waals surface area (Å²) in [5.74, 6) is 4.00. The molecule has 2 aliphatic heterocycles. The van der Waals surface area contributed by atoms with Crippen LogP contribution < -0.4 is 18.9 Å². The standard InChI is InChI=1S/C40H44N4O10S/c1-3-28(39-41-29-23-33-34(24-30(29)42-39)52-20-16-48-12-8-45-7-11-47-15-19-51-33)4-2-27(1)37-5-6-38(55-37)40-43-31-25-35-36(26-32(31)44-40)54-22-18-50-14-10-46-9-13-49-17-21-53-35/h1-6,23-26H,7-22H2,(H,41,42)(H,43,44). The second-order valence-electron chi connectivity index (χ2n) is 12.6.